The summed E-state index contributed by atoms with van der Waals surface area (Å²) in [6.45, 7) is 0. The number of nitrogens with zero attached hydrogens (tertiary/aromatic N) is 1. The van der Waals surface area contributed by atoms with Crippen molar-refractivity contribution in [1.82, 2.24) is 0 Å². The van der Waals surface area contributed by atoms with Crippen molar-refractivity contribution < 1.29 is 0 Å². The highest BCUT2D eigenvalue weighted by molar-refractivity contribution is 6.17. The molecule has 0 atom stereocenters. The number of aryl methyl sites for hydroxylation is 1. The molecule has 0 aliphatic heterocycles. The van der Waals surface area contributed by atoms with E-state index < -0.39 is 0 Å². The fourth-order valence-corrected chi connectivity index (χ4v) is 1.31. The van der Waals surface area contributed by atoms with Gasteiger partial charge in [0.1, 0.15) is 0 Å². The van der Waals surface area contributed by atoms with E-state index in [-0.39, 0.29) is 0 Å². The van der Waals surface area contributed by atoms with Gasteiger partial charge in [0.25, 0.3) is 0 Å². The highest BCUT2D eigenvalue weighted by Gasteiger charge is 1.99. The molecule has 1 aromatic rings. The van der Waals surface area contributed by atoms with Crippen LogP contribution in [0, 0.1) is 11.3 Å². The van der Waals surface area contributed by atoms with Crippen molar-refractivity contribution in [1.29, 1.82) is 5.26 Å². The Bertz CT molecular complexity index is 328. The molecule has 0 aliphatic rings. The lowest BCUT2D eigenvalue weighted by Crippen LogP contribution is -1.95. The average Bonchev–Trinajstić information content (AvgIpc) is 2.16. The Hall–Kier alpha value is -1.20. The Labute approximate surface area is 82.9 Å². The number of nitrogen functional groups attached to an aromatic ring is 1. The van der Waals surface area contributed by atoms with Crippen molar-refractivity contribution in [3.63, 3.8) is 0 Å². The summed E-state index contributed by atoms with van der Waals surface area (Å²) in [5.41, 5.74) is 8.54. The molecule has 0 amide bonds. The molecule has 1 rings (SSSR count). The van der Waals surface area contributed by atoms with Gasteiger partial charge in [-0.15, -0.1) is 11.6 Å². The van der Waals surface area contributed by atoms with Crippen LogP contribution in [-0.2, 0) is 12.3 Å². The number of nitriles is 1. The monoisotopic (exact) mass is 194 g/mol. The van der Waals surface area contributed by atoms with Crippen LogP contribution in [0.2, 0.25) is 0 Å². The van der Waals surface area contributed by atoms with Gasteiger partial charge in [0.2, 0.25) is 0 Å². The molecule has 13 heavy (non-hydrogen) atoms. The number of hydrogen-bond donors (Lipinski definition) is 1. The summed E-state index contributed by atoms with van der Waals surface area (Å²) in [5.74, 6) is 0.475. The number of benzene rings is 1. The predicted octanol–water partition coefficient (Wildman–Crippen LogP) is 2.46. The molecule has 1 aromatic carbocycles. The Morgan fingerprint density at radius 3 is 2.77 bits per heavy atom. The minimum Gasteiger partial charge on any atom is -0.398 e. The van der Waals surface area contributed by atoms with E-state index in [1.165, 1.54) is 0 Å². The topological polar surface area (TPSA) is 49.8 Å². The van der Waals surface area contributed by atoms with E-state index in [1.807, 2.05) is 18.2 Å². The third-order valence-electron chi connectivity index (χ3n) is 1.87. The Balaban J connectivity index is 2.80. The first-order valence-electron chi connectivity index (χ1n) is 4.08. The average molecular weight is 195 g/mol. The first-order chi connectivity index (χ1) is 6.27. The summed E-state index contributed by atoms with van der Waals surface area (Å²) >= 11 is 5.65. The second-order valence-corrected chi connectivity index (χ2v) is 3.09. The highest BCUT2D eigenvalue weighted by Crippen LogP contribution is 2.16. The normalized spacial score (nSPS) is 9.54. The maximum Gasteiger partial charge on any atom is 0.0625 e. The van der Waals surface area contributed by atoms with Crippen LogP contribution in [0.4, 0.5) is 5.69 Å². The van der Waals surface area contributed by atoms with Crippen molar-refractivity contribution in [3.8, 4) is 6.07 Å². The number of alkyl halides is 1. The van der Waals surface area contributed by atoms with Gasteiger partial charge in [-0.1, -0.05) is 12.1 Å². The highest BCUT2D eigenvalue weighted by atomic mass is 35.5. The Morgan fingerprint density at radius 1 is 1.46 bits per heavy atom. The molecule has 2 N–H and O–H groups in total. The van der Waals surface area contributed by atoms with Crippen molar-refractivity contribution in [2.45, 2.75) is 18.7 Å². The first kappa shape index (κ1) is 9.88. The van der Waals surface area contributed by atoms with Crippen LogP contribution in [-0.4, -0.2) is 0 Å². The van der Waals surface area contributed by atoms with E-state index in [0.717, 1.165) is 16.8 Å². The van der Waals surface area contributed by atoms with Crippen molar-refractivity contribution in [3.05, 3.63) is 29.3 Å². The number of hydrogen-bond acceptors (Lipinski definition) is 2. The number of nitrogens with two attached hydrogens (primary N) is 1. The van der Waals surface area contributed by atoms with Gasteiger partial charge < -0.3 is 5.73 Å². The molecule has 0 unspecified atom stereocenters. The van der Waals surface area contributed by atoms with Crippen LogP contribution < -0.4 is 5.73 Å². The number of anilines is 1. The van der Waals surface area contributed by atoms with Crippen molar-refractivity contribution in [2.75, 3.05) is 5.73 Å². The second kappa shape index (κ2) is 4.74. The molecule has 0 saturated heterocycles. The molecule has 0 radical (unpaired) electrons. The second-order valence-electron chi connectivity index (χ2n) is 2.82. The van der Waals surface area contributed by atoms with E-state index >= 15 is 0 Å². The lowest BCUT2D eigenvalue weighted by atomic mass is 10.1. The summed E-state index contributed by atoms with van der Waals surface area (Å²) in [7, 11) is 0. The zero-order valence-corrected chi connectivity index (χ0v) is 8.01. The molecule has 3 heteroatoms. The number of halogens is 1. The van der Waals surface area contributed by atoms with Gasteiger partial charge in [-0.25, -0.2) is 0 Å². The van der Waals surface area contributed by atoms with Crippen LogP contribution >= 0.6 is 11.6 Å². The van der Waals surface area contributed by atoms with Gasteiger partial charge in [-0.05, 0) is 23.6 Å². The molecule has 68 valence electrons. The van der Waals surface area contributed by atoms with E-state index in [2.05, 4.69) is 6.07 Å². The number of rotatable bonds is 3. The predicted molar refractivity (Wildman–Crippen MR) is 54.3 cm³/mol. The van der Waals surface area contributed by atoms with Crippen LogP contribution in [0.1, 0.15) is 17.5 Å². The van der Waals surface area contributed by atoms with Crippen LogP contribution in [0.3, 0.4) is 0 Å². The van der Waals surface area contributed by atoms with E-state index in [9.17, 15) is 0 Å². The minimum absolute atomic E-state index is 0.475. The van der Waals surface area contributed by atoms with Gasteiger partial charge in [0, 0.05) is 18.0 Å². The third kappa shape index (κ3) is 2.64. The summed E-state index contributed by atoms with van der Waals surface area (Å²) in [6.07, 6.45) is 1.22. The summed E-state index contributed by atoms with van der Waals surface area (Å²) in [5, 5.41) is 8.41. The quantitative estimate of drug-likeness (QED) is 0.594. The lowest BCUT2D eigenvalue weighted by molar-refractivity contribution is 1.01. The van der Waals surface area contributed by atoms with E-state index in [4.69, 9.17) is 22.6 Å². The fourth-order valence-electron chi connectivity index (χ4n) is 1.15. The molecule has 0 heterocycles. The molecular weight excluding hydrogens is 184 g/mol. The fraction of sp³-hybridized carbons (Fsp3) is 0.300. The van der Waals surface area contributed by atoms with Gasteiger partial charge in [-0.2, -0.15) is 5.26 Å². The summed E-state index contributed by atoms with van der Waals surface area (Å²) < 4.78 is 0. The van der Waals surface area contributed by atoms with Gasteiger partial charge >= 0.3 is 0 Å². The molecule has 0 saturated carbocycles. The van der Waals surface area contributed by atoms with Crippen LogP contribution in [0.5, 0.6) is 0 Å². The van der Waals surface area contributed by atoms with Crippen molar-refractivity contribution >= 4 is 17.3 Å². The molecule has 0 bridgehead atoms. The zero-order chi connectivity index (χ0) is 9.68. The zero-order valence-electron chi connectivity index (χ0n) is 7.26. The van der Waals surface area contributed by atoms with Gasteiger partial charge in [-0.3, -0.25) is 0 Å². The molecule has 0 aromatic heterocycles. The minimum atomic E-state index is 0.475. The molecule has 2 nitrogen and oxygen atoms in total. The summed E-state index contributed by atoms with van der Waals surface area (Å²) in [6, 6.07) is 7.83. The summed E-state index contributed by atoms with van der Waals surface area (Å²) in [4.78, 5) is 0. The van der Waals surface area contributed by atoms with Crippen LogP contribution in [0.15, 0.2) is 18.2 Å². The lowest BCUT2D eigenvalue weighted by Gasteiger charge is -2.04. The first-order valence-corrected chi connectivity index (χ1v) is 4.61. The molecule has 0 aliphatic carbocycles. The SMILES string of the molecule is N#CCCc1ccc(CCl)cc1N. The largest absolute Gasteiger partial charge is 0.398 e. The maximum absolute atomic E-state index is 8.41. The molecule has 0 fully saturated rings. The van der Waals surface area contributed by atoms with E-state index in [0.29, 0.717) is 18.7 Å². The smallest absolute Gasteiger partial charge is 0.0625 e. The standard InChI is InChI=1S/C10H11ClN2/c11-7-8-3-4-9(2-1-5-12)10(13)6-8/h3-4,6H,1-2,7,13H2. The van der Waals surface area contributed by atoms with Gasteiger partial charge in [0.05, 0.1) is 6.07 Å². The van der Waals surface area contributed by atoms with E-state index in [1.54, 1.807) is 0 Å². The molecular formula is C10H11ClN2. The Kier molecular flexibility index (Phi) is 3.60. The molecule has 0 spiro atoms. The van der Waals surface area contributed by atoms with Crippen molar-refractivity contribution in [2.24, 2.45) is 0 Å². The third-order valence-corrected chi connectivity index (χ3v) is 2.18. The van der Waals surface area contributed by atoms with Gasteiger partial charge in [0.15, 0.2) is 0 Å². The Morgan fingerprint density at radius 2 is 2.23 bits per heavy atom. The van der Waals surface area contributed by atoms with Crippen LogP contribution in [0.25, 0.3) is 0 Å². The maximum atomic E-state index is 8.41.